The van der Waals surface area contributed by atoms with Crippen LogP contribution in [0, 0.1) is 0 Å². The largest absolute Gasteiger partial charge is 0.507 e. The van der Waals surface area contributed by atoms with Crippen LogP contribution in [-0.4, -0.2) is 10.2 Å². The van der Waals surface area contributed by atoms with Gasteiger partial charge >= 0.3 is 0 Å². The fourth-order valence-electron chi connectivity index (χ4n) is 1.84. The Balaban J connectivity index is 2.33. The first kappa shape index (κ1) is 12.4. The van der Waals surface area contributed by atoms with Gasteiger partial charge in [-0.05, 0) is 12.5 Å². The standard InChI is InChI=1S/C16H16O2/c1-12(15(17)13-8-4-2-5-9-13)16(18)14-10-6-3-7-11-14/h2-11,15,17-18H,1H3/b16-12-/t15-/m0/s1. The van der Waals surface area contributed by atoms with Crippen LogP contribution in [0.2, 0.25) is 0 Å². The van der Waals surface area contributed by atoms with Crippen molar-refractivity contribution in [3.8, 4) is 0 Å². The van der Waals surface area contributed by atoms with E-state index in [-0.39, 0.29) is 5.76 Å². The Hall–Kier alpha value is -2.06. The molecule has 0 aliphatic rings. The fourth-order valence-corrected chi connectivity index (χ4v) is 1.84. The van der Waals surface area contributed by atoms with Gasteiger partial charge in [0, 0.05) is 11.1 Å². The molecule has 2 heteroatoms. The molecular weight excluding hydrogens is 224 g/mol. The van der Waals surface area contributed by atoms with E-state index in [1.165, 1.54) is 0 Å². The molecule has 0 saturated carbocycles. The van der Waals surface area contributed by atoms with Gasteiger partial charge in [-0.3, -0.25) is 0 Å². The lowest BCUT2D eigenvalue weighted by atomic mass is 9.99. The van der Waals surface area contributed by atoms with E-state index in [0.717, 1.165) is 5.56 Å². The lowest BCUT2D eigenvalue weighted by Gasteiger charge is -2.14. The van der Waals surface area contributed by atoms with E-state index in [1.807, 2.05) is 60.7 Å². The quantitative estimate of drug-likeness (QED) is 0.803. The van der Waals surface area contributed by atoms with Gasteiger partial charge in [-0.1, -0.05) is 60.7 Å². The molecular formula is C16H16O2. The zero-order valence-corrected chi connectivity index (χ0v) is 10.2. The molecule has 2 aromatic rings. The second-order valence-electron chi connectivity index (χ2n) is 4.21. The molecule has 0 bridgehead atoms. The second kappa shape index (κ2) is 5.52. The Morgan fingerprint density at radius 3 is 1.94 bits per heavy atom. The van der Waals surface area contributed by atoms with Crippen LogP contribution in [0.1, 0.15) is 24.2 Å². The van der Waals surface area contributed by atoms with E-state index in [2.05, 4.69) is 0 Å². The molecule has 0 aliphatic carbocycles. The van der Waals surface area contributed by atoms with Gasteiger partial charge in [0.25, 0.3) is 0 Å². The van der Waals surface area contributed by atoms with Crippen molar-refractivity contribution in [2.24, 2.45) is 0 Å². The van der Waals surface area contributed by atoms with Gasteiger partial charge in [-0.25, -0.2) is 0 Å². The van der Waals surface area contributed by atoms with Gasteiger partial charge in [-0.15, -0.1) is 0 Å². The summed E-state index contributed by atoms with van der Waals surface area (Å²) in [6, 6.07) is 18.5. The molecule has 92 valence electrons. The van der Waals surface area contributed by atoms with E-state index in [1.54, 1.807) is 6.92 Å². The number of benzene rings is 2. The Morgan fingerprint density at radius 2 is 1.39 bits per heavy atom. The van der Waals surface area contributed by atoms with Gasteiger partial charge in [0.05, 0.1) is 0 Å². The third kappa shape index (κ3) is 2.60. The van der Waals surface area contributed by atoms with Crippen molar-refractivity contribution in [1.29, 1.82) is 0 Å². The summed E-state index contributed by atoms with van der Waals surface area (Å²) in [4.78, 5) is 0. The highest BCUT2D eigenvalue weighted by atomic mass is 16.3. The van der Waals surface area contributed by atoms with Crippen LogP contribution < -0.4 is 0 Å². The number of aliphatic hydroxyl groups is 2. The van der Waals surface area contributed by atoms with Crippen LogP contribution in [0.4, 0.5) is 0 Å². The van der Waals surface area contributed by atoms with E-state index in [4.69, 9.17) is 0 Å². The predicted octanol–water partition coefficient (Wildman–Crippen LogP) is 3.71. The molecule has 2 N–H and O–H groups in total. The number of hydrogen-bond donors (Lipinski definition) is 2. The van der Waals surface area contributed by atoms with Crippen LogP contribution in [0.25, 0.3) is 5.76 Å². The normalized spacial score (nSPS) is 13.9. The lowest BCUT2D eigenvalue weighted by Crippen LogP contribution is -2.01. The minimum absolute atomic E-state index is 0.131. The molecule has 0 unspecified atom stereocenters. The predicted molar refractivity (Wildman–Crippen MR) is 73.1 cm³/mol. The molecule has 0 amide bonds. The molecule has 2 aromatic carbocycles. The molecule has 0 fully saturated rings. The summed E-state index contributed by atoms with van der Waals surface area (Å²) in [6.07, 6.45) is -0.786. The molecule has 0 radical (unpaired) electrons. The first-order valence-corrected chi connectivity index (χ1v) is 5.88. The highest BCUT2D eigenvalue weighted by Gasteiger charge is 2.14. The monoisotopic (exact) mass is 240 g/mol. The van der Waals surface area contributed by atoms with Crippen molar-refractivity contribution in [3.63, 3.8) is 0 Å². The Labute approximate surface area is 107 Å². The summed E-state index contributed by atoms with van der Waals surface area (Å²) in [5.74, 6) is 0.131. The summed E-state index contributed by atoms with van der Waals surface area (Å²) in [6.45, 7) is 1.74. The topological polar surface area (TPSA) is 40.5 Å². The fraction of sp³-hybridized carbons (Fsp3) is 0.125. The maximum atomic E-state index is 10.2. The van der Waals surface area contributed by atoms with Crippen molar-refractivity contribution in [2.45, 2.75) is 13.0 Å². The zero-order valence-electron chi connectivity index (χ0n) is 10.2. The average molecular weight is 240 g/mol. The van der Waals surface area contributed by atoms with Crippen LogP contribution in [0.15, 0.2) is 66.2 Å². The summed E-state index contributed by atoms with van der Waals surface area (Å²) >= 11 is 0. The minimum atomic E-state index is -0.786. The smallest absolute Gasteiger partial charge is 0.124 e. The SMILES string of the molecule is C/C(=C(/O)c1ccccc1)[C@H](O)c1ccccc1. The molecule has 0 aromatic heterocycles. The highest BCUT2D eigenvalue weighted by Crippen LogP contribution is 2.26. The molecule has 2 nitrogen and oxygen atoms in total. The third-order valence-electron chi connectivity index (χ3n) is 2.95. The summed E-state index contributed by atoms with van der Waals surface area (Å²) in [5, 5.41) is 20.3. The van der Waals surface area contributed by atoms with Gasteiger partial charge in [-0.2, -0.15) is 0 Å². The zero-order chi connectivity index (χ0) is 13.0. The number of rotatable bonds is 3. The number of hydrogen-bond acceptors (Lipinski definition) is 2. The maximum Gasteiger partial charge on any atom is 0.124 e. The van der Waals surface area contributed by atoms with Crippen LogP contribution in [0.5, 0.6) is 0 Å². The molecule has 18 heavy (non-hydrogen) atoms. The highest BCUT2D eigenvalue weighted by molar-refractivity contribution is 5.62. The Bertz CT molecular complexity index is 530. The van der Waals surface area contributed by atoms with E-state index < -0.39 is 6.10 Å². The van der Waals surface area contributed by atoms with Crippen LogP contribution in [0.3, 0.4) is 0 Å². The summed E-state index contributed by atoms with van der Waals surface area (Å²) in [5.41, 5.74) is 2.04. The molecule has 0 aliphatic heterocycles. The van der Waals surface area contributed by atoms with Crippen molar-refractivity contribution < 1.29 is 10.2 Å². The molecule has 0 saturated heterocycles. The first-order chi connectivity index (χ1) is 8.70. The Morgan fingerprint density at radius 1 is 0.889 bits per heavy atom. The second-order valence-corrected chi connectivity index (χ2v) is 4.21. The van der Waals surface area contributed by atoms with Gasteiger partial charge in [0.15, 0.2) is 0 Å². The van der Waals surface area contributed by atoms with E-state index in [9.17, 15) is 10.2 Å². The molecule has 2 rings (SSSR count). The van der Waals surface area contributed by atoms with Crippen molar-refractivity contribution in [2.75, 3.05) is 0 Å². The van der Waals surface area contributed by atoms with Crippen molar-refractivity contribution >= 4 is 5.76 Å². The van der Waals surface area contributed by atoms with Crippen LogP contribution in [-0.2, 0) is 0 Å². The van der Waals surface area contributed by atoms with Gasteiger partial charge < -0.3 is 10.2 Å². The third-order valence-corrected chi connectivity index (χ3v) is 2.95. The van der Waals surface area contributed by atoms with Crippen LogP contribution >= 0.6 is 0 Å². The van der Waals surface area contributed by atoms with E-state index >= 15 is 0 Å². The number of aliphatic hydroxyl groups excluding tert-OH is 2. The summed E-state index contributed by atoms with van der Waals surface area (Å²) < 4.78 is 0. The molecule has 0 spiro atoms. The maximum absolute atomic E-state index is 10.2. The van der Waals surface area contributed by atoms with Gasteiger partial charge in [0.1, 0.15) is 11.9 Å². The molecule has 1 atom stereocenters. The first-order valence-electron chi connectivity index (χ1n) is 5.88. The average Bonchev–Trinajstić information content (AvgIpc) is 2.47. The van der Waals surface area contributed by atoms with Crippen molar-refractivity contribution in [1.82, 2.24) is 0 Å². The van der Waals surface area contributed by atoms with Gasteiger partial charge in [0.2, 0.25) is 0 Å². The lowest BCUT2D eigenvalue weighted by molar-refractivity contribution is 0.213. The minimum Gasteiger partial charge on any atom is -0.507 e. The van der Waals surface area contributed by atoms with E-state index in [0.29, 0.717) is 11.1 Å². The van der Waals surface area contributed by atoms with Crippen molar-refractivity contribution in [3.05, 3.63) is 77.4 Å². The molecule has 0 heterocycles. The Kier molecular flexibility index (Phi) is 3.80. The summed E-state index contributed by atoms with van der Waals surface area (Å²) in [7, 11) is 0.